The molecule has 2 amide bonds. The highest BCUT2D eigenvalue weighted by Gasteiger charge is 2.13. The van der Waals surface area contributed by atoms with Crippen LogP contribution in [0.3, 0.4) is 0 Å². The van der Waals surface area contributed by atoms with Gasteiger partial charge in [0.15, 0.2) is 0 Å². The fourth-order valence-electron chi connectivity index (χ4n) is 2.66. The standard InChI is InChI=1S/C24H22FN3O3/c1-16-6-11-21(12-17(16)2)27-23(29)24(30)28-26-14-19-4-3-5-22(13-19)31-15-18-7-9-20(25)10-8-18/h3-14H,15H2,1-2H3,(H,27,29)(H,28,30)/b26-14-. The average Bonchev–Trinajstić information content (AvgIpc) is 2.76. The zero-order chi connectivity index (χ0) is 22.2. The van der Waals surface area contributed by atoms with Crippen LogP contribution in [0.5, 0.6) is 5.75 Å². The minimum absolute atomic E-state index is 0.288. The van der Waals surface area contributed by atoms with Gasteiger partial charge in [0.05, 0.1) is 6.21 Å². The van der Waals surface area contributed by atoms with Gasteiger partial charge in [0.1, 0.15) is 18.2 Å². The first-order valence-corrected chi connectivity index (χ1v) is 9.59. The third-order valence-electron chi connectivity index (χ3n) is 4.53. The van der Waals surface area contributed by atoms with Crippen LogP contribution in [-0.4, -0.2) is 18.0 Å². The predicted molar refractivity (Wildman–Crippen MR) is 117 cm³/mol. The van der Waals surface area contributed by atoms with Gasteiger partial charge in [0.2, 0.25) is 0 Å². The van der Waals surface area contributed by atoms with Gasteiger partial charge in [-0.25, -0.2) is 9.82 Å². The summed E-state index contributed by atoms with van der Waals surface area (Å²) in [6.07, 6.45) is 1.41. The van der Waals surface area contributed by atoms with Crippen molar-refractivity contribution in [2.75, 3.05) is 5.32 Å². The van der Waals surface area contributed by atoms with Crippen molar-refractivity contribution in [3.05, 3.63) is 94.8 Å². The van der Waals surface area contributed by atoms with Gasteiger partial charge in [-0.2, -0.15) is 5.10 Å². The second-order valence-electron chi connectivity index (χ2n) is 6.94. The number of aryl methyl sites for hydroxylation is 2. The van der Waals surface area contributed by atoms with E-state index in [4.69, 9.17) is 4.74 Å². The van der Waals surface area contributed by atoms with Crippen molar-refractivity contribution in [3.63, 3.8) is 0 Å². The maximum absolute atomic E-state index is 13.0. The zero-order valence-electron chi connectivity index (χ0n) is 17.2. The van der Waals surface area contributed by atoms with Crippen molar-refractivity contribution in [1.82, 2.24) is 5.43 Å². The number of nitrogens with zero attached hydrogens (tertiary/aromatic N) is 1. The number of ether oxygens (including phenoxy) is 1. The van der Waals surface area contributed by atoms with Gasteiger partial charge in [-0.15, -0.1) is 0 Å². The topological polar surface area (TPSA) is 79.8 Å². The molecular formula is C24H22FN3O3. The monoisotopic (exact) mass is 419 g/mol. The number of anilines is 1. The van der Waals surface area contributed by atoms with E-state index in [1.54, 1.807) is 48.5 Å². The number of amides is 2. The highest BCUT2D eigenvalue weighted by Crippen LogP contribution is 2.15. The number of carbonyl (C=O) groups excluding carboxylic acids is 2. The third-order valence-corrected chi connectivity index (χ3v) is 4.53. The quantitative estimate of drug-likeness (QED) is 0.359. The van der Waals surface area contributed by atoms with E-state index in [0.717, 1.165) is 16.7 Å². The van der Waals surface area contributed by atoms with Crippen LogP contribution in [0.2, 0.25) is 0 Å². The molecule has 0 aliphatic rings. The molecule has 0 radical (unpaired) electrons. The lowest BCUT2D eigenvalue weighted by atomic mass is 10.1. The Hall–Kier alpha value is -4.00. The first kappa shape index (κ1) is 21.7. The molecule has 158 valence electrons. The fraction of sp³-hybridized carbons (Fsp3) is 0.125. The van der Waals surface area contributed by atoms with Crippen LogP contribution in [0, 0.1) is 19.7 Å². The molecular weight excluding hydrogens is 397 g/mol. The molecule has 0 unspecified atom stereocenters. The van der Waals surface area contributed by atoms with E-state index in [1.807, 2.05) is 19.9 Å². The molecule has 0 heterocycles. The molecule has 3 aromatic carbocycles. The predicted octanol–water partition coefficient (Wildman–Crippen LogP) is 4.11. The van der Waals surface area contributed by atoms with E-state index in [-0.39, 0.29) is 12.4 Å². The Morgan fingerprint density at radius 3 is 2.48 bits per heavy atom. The zero-order valence-corrected chi connectivity index (χ0v) is 17.2. The van der Waals surface area contributed by atoms with Crippen LogP contribution in [0.15, 0.2) is 71.8 Å². The molecule has 0 saturated carbocycles. The molecule has 7 heteroatoms. The van der Waals surface area contributed by atoms with Crippen molar-refractivity contribution in [2.45, 2.75) is 20.5 Å². The Labute approximate surface area is 179 Å². The lowest BCUT2D eigenvalue weighted by Gasteiger charge is -2.07. The number of carbonyl (C=O) groups is 2. The Bertz CT molecular complexity index is 1110. The summed E-state index contributed by atoms with van der Waals surface area (Å²) >= 11 is 0. The van der Waals surface area contributed by atoms with Gasteiger partial charge in [-0.1, -0.05) is 30.3 Å². The number of rotatable bonds is 6. The second-order valence-corrected chi connectivity index (χ2v) is 6.94. The normalized spacial score (nSPS) is 10.7. The number of hydrogen-bond acceptors (Lipinski definition) is 4. The second kappa shape index (κ2) is 10.2. The van der Waals surface area contributed by atoms with Crippen molar-refractivity contribution < 1.29 is 18.7 Å². The largest absolute Gasteiger partial charge is 0.489 e. The Balaban J connectivity index is 1.52. The molecule has 0 aromatic heterocycles. The van der Waals surface area contributed by atoms with Gasteiger partial charge < -0.3 is 10.1 Å². The number of halogens is 1. The van der Waals surface area contributed by atoms with Crippen LogP contribution in [0.1, 0.15) is 22.3 Å². The number of hydrogen-bond donors (Lipinski definition) is 2. The van der Waals surface area contributed by atoms with Crippen molar-refractivity contribution >= 4 is 23.7 Å². The van der Waals surface area contributed by atoms with E-state index in [9.17, 15) is 14.0 Å². The van der Waals surface area contributed by atoms with Crippen LogP contribution in [0.25, 0.3) is 0 Å². The van der Waals surface area contributed by atoms with Crippen molar-refractivity contribution in [3.8, 4) is 5.75 Å². The maximum atomic E-state index is 13.0. The Morgan fingerprint density at radius 2 is 1.74 bits per heavy atom. The molecule has 0 spiro atoms. The molecule has 0 atom stereocenters. The first-order chi connectivity index (χ1) is 14.9. The molecule has 0 fully saturated rings. The minimum Gasteiger partial charge on any atom is -0.489 e. The first-order valence-electron chi connectivity index (χ1n) is 9.59. The van der Waals surface area contributed by atoms with Crippen molar-refractivity contribution in [1.29, 1.82) is 0 Å². The Morgan fingerprint density at radius 1 is 0.968 bits per heavy atom. The van der Waals surface area contributed by atoms with E-state index >= 15 is 0 Å². The molecule has 3 rings (SSSR count). The van der Waals surface area contributed by atoms with Gasteiger partial charge in [-0.3, -0.25) is 9.59 Å². The van der Waals surface area contributed by atoms with Gasteiger partial charge in [0, 0.05) is 5.69 Å². The lowest BCUT2D eigenvalue weighted by molar-refractivity contribution is -0.136. The third kappa shape index (κ3) is 6.50. The van der Waals surface area contributed by atoms with Crippen LogP contribution >= 0.6 is 0 Å². The van der Waals surface area contributed by atoms with Crippen LogP contribution in [0.4, 0.5) is 10.1 Å². The molecule has 6 nitrogen and oxygen atoms in total. The van der Waals surface area contributed by atoms with Gasteiger partial charge >= 0.3 is 11.8 Å². The highest BCUT2D eigenvalue weighted by atomic mass is 19.1. The molecule has 0 bridgehead atoms. The Kier molecular flexibility index (Phi) is 7.11. The molecule has 0 aliphatic carbocycles. The summed E-state index contributed by atoms with van der Waals surface area (Å²) < 4.78 is 18.6. The summed E-state index contributed by atoms with van der Waals surface area (Å²) in [6, 6.07) is 18.5. The smallest absolute Gasteiger partial charge is 0.329 e. The lowest BCUT2D eigenvalue weighted by Crippen LogP contribution is -2.32. The summed E-state index contributed by atoms with van der Waals surface area (Å²) in [6.45, 7) is 4.17. The highest BCUT2D eigenvalue weighted by molar-refractivity contribution is 6.39. The minimum atomic E-state index is -0.877. The van der Waals surface area contributed by atoms with Crippen LogP contribution in [-0.2, 0) is 16.2 Å². The summed E-state index contributed by atoms with van der Waals surface area (Å²) in [7, 11) is 0. The summed E-state index contributed by atoms with van der Waals surface area (Å²) in [5.41, 5.74) is 6.36. The molecule has 3 aromatic rings. The summed E-state index contributed by atoms with van der Waals surface area (Å²) in [5, 5.41) is 6.36. The van der Waals surface area contributed by atoms with Crippen LogP contribution < -0.4 is 15.5 Å². The number of hydrazone groups is 1. The molecule has 2 N–H and O–H groups in total. The number of benzene rings is 3. The fourth-order valence-corrected chi connectivity index (χ4v) is 2.66. The van der Waals surface area contributed by atoms with E-state index in [1.165, 1.54) is 18.3 Å². The summed E-state index contributed by atoms with van der Waals surface area (Å²) in [4.78, 5) is 24.0. The van der Waals surface area contributed by atoms with E-state index in [2.05, 4.69) is 15.8 Å². The maximum Gasteiger partial charge on any atom is 0.329 e. The molecule has 31 heavy (non-hydrogen) atoms. The SMILES string of the molecule is Cc1ccc(NC(=O)C(=O)N/N=C\c2cccc(OCc3ccc(F)cc3)c2)cc1C. The molecule has 0 aliphatic heterocycles. The van der Waals surface area contributed by atoms with E-state index in [0.29, 0.717) is 17.0 Å². The summed E-state index contributed by atoms with van der Waals surface area (Å²) in [5.74, 6) is -1.39. The van der Waals surface area contributed by atoms with E-state index < -0.39 is 11.8 Å². The number of nitrogens with one attached hydrogen (secondary N) is 2. The average molecular weight is 419 g/mol. The molecule has 0 saturated heterocycles. The van der Waals surface area contributed by atoms with Gasteiger partial charge in [-0.05, 0) is 72.5 Å². The van der Waals surface area contributed by atoms with Gasteiger partial charge in [0.25, 0.3) is 0 Å². The van der Waals surface area contributed by atoms with Crippen molar-refractivity contribution in [2.24, 2.45) is 5.10 Å².